The Bertz CT molecular complexity index is 478. The molecule has 2 rings (SSSR count). The van der Waals surface area contributed by atoms with Crippen molar-refractivity contribution in [2.75, 3.05) is 14.2 Å². The van der Waals surface area contributed by atoms with Crippen molar-refractivity contribution in [1.82, 2.24) is 0 Å². The van der Waals surface area contributed by atoms with Crippen LogP contribution in [0.3, 0.4) is 0 Å². The second-order valence-electron chi connectivity index (χ2n) is 4.20. The molecule has 0 spiro atoms. The molecule has 0 heterocycles. The number of hydrogen-bond acceptors (Lipinski definition) is 2. The standard InChI is InChI=1S/C16H18O2Se/c1-17-15-7-3-5-13(9-15)11-19-12-14-6-4-8-16(10-14)18-2/h3-10H,11-12H2,1-2H3. The minimum atomic E-state index is 0.554. The molecular weight excluding hydrogens is 303 g/mol. The van der Waals surface area contributed by atoms with E-state index in [0.717, 1.165) is 22.1 Å². The van der Waals surface area contributed by atoms with Crippen molar-refractivity contribution in [3.8, 4) is 11.5 Å². The molecule has 0 amide bonds. The molecule has 0 aliphatic heterocycles. The molecule has 0 saturated carbocycles. The van der Waals surface area contributed by atoms with Crippen molar-refractivity contribution in [3.05, 3.63) is 59.7 Å². The van der Waals surface area contributed by atoms with Gasteiger partial charge in [0.1, 0.15) is 0 Å². The van der Waals surface area contributed by atoms with Gasteiger partial charge in [-0.1, -0.05) is 0 Å². The first-order valence-electron chi connectivity index (χ1n) is 6.15. The maximum atomic E-state index is 5.24. The fourth-order valence-electron chi connectivity index (χ4n) is 1.81. The Balaban J connectivity index is 1.88. The van der Waals surface area contributed by atoms with Gasteiger partial charge in [0.05, 0.1) is 0 Å². The van der Waals surface area contributed by atoms with Crippen LogP contribution < -0.4 is 9.47 Å². The van der Waals surface area contributed by atoms with Crippen molar-refractivity contribution in [2.45, 2.75) is 10.6 Å². The molecule has 100 valence electrons. The van der Waals surface area contributed by atoms with E-state index in [1.54, 1.807) is 14.2 Å². The number of ether oxygens (including phenoxy) is 2. The van der Waals surface area contributed by atoms with Gasteiger partial charge < -0.3 is 0 Å². The molecular formula is C16H18O2Se. The molecule has 0 saturated heterocycles. The fourth-order valence-corrected chi connectivity index (χ4v) is 3.77. The molecule has 0 unspecified atom stereocenters. The Morgan fingerprint density at radius 2 is 1.26 bits per heavy atom. The predicted octanol–water partition coefficient (Wildman–Crippen LogP) is 3.11. The Morgan fingerprint density at radius 1 is 0.789 bits per heavy atom. The van der Waals surface area contributed by atoms with Crippen LogP contribution in [0.15, 0.2) is 48.5 Å². The first kappa shape index (κ1) is 14.0. The van der Waals surface area contributed by atoms with E-state index < -0.39 is 0 Å². The summed E-state index contributed by atoms with van der Waals surface area (Å²) in [6, 6.07) is 16.6. The first-order valence-corrected chi connectivity index (χ1v) is 8.57. The summed E-state index contributed by atoms with van der Waals surface area (Å²) in [6.45, 7) is 0. The number of hydrogen-bond donors (Lipinski definition) is 0. The molecule has 0 bridgehead atoms. The average Bonchev–Trinajstić information content (AvgIpc) is 2.48. The van der Waals surface area contributed by atoms with Gasteiger partial charge in [-0.05, 0) is 0 Å². The molecule has 2 nitrogen and oxygen atoms in total. The molecule has 19 heavy (non-hydrogen) atoms. The van der Waals surface area contributed by atoms with Crippen molar-refractivity contribution in [3.63, 3.8) is 0 Å². The first-order chi connectivity index (χ1) is 9.31. The van der Waals surface area contributed by atoms with Crippen LogP contribution in [0.4, 0.5) is 0 Å². The second kappa shape index (κ2) is 7.22. The van der Waals surface area contributed by atoms with Crippen molar-refractivity contribution < 1.29 is 9.47 Å². The summed E-state index contributed by atoms with van der Waals surface area (Å²) in [5, 5.41) is 2.25. The zero-order chi connectivity index (χ0) is 13.5. The van der Waals surface area contributed by atoms with Gasteiger partial charge in [0, 0.05) is 0 Å². The average molecular weight is 321 g/mol. The third kappa shape index (κ3) is 4.30. The van der Waals surface area contributed by atoms with E-state index >= 15 is 0 Å². The summed E-state index contributed by atoms with van der Waals surface area (Å²) < 4.78 is 10.5. The van der Waals surface area contributed by atoms with E-state index in [4.69, 9.17) is 9.47 Å². The van der Waals surface area contributed by atoms with Crippen LogP contribution in [-0.2, 0) is 10.6 Å². The fraction of sp³-hybridized carbons (Fsp3) is 0.250. The summed E-state index contributed by atoms with van der Waals surface area (Å²) in [6.07, 6.45) is 0. The molecule has 0 N–H and O–H groups in total. The van der Waals surface area contributed by atoms with Crippen LogP contribution in [0.1, 0.15) is 11.1 Å². The van der Waals surface area contributed by atoms with Crippen LogP contribution in [0.25, 0.3) is 0 Å². The summed E-state index contributed by atoms with van der Waals surface area (Å²) in [7, 11) is 3.42. The topological polar surface area (TPSA) is 18.5 Å². The zero-order valence-corrected chi connectivity index (χ0v) is 13.0. The van der Waals surface area contributed by atoms with Crippen LogP contribution in [0, 0.1) is 0 Å². The molecule has 0 aromatic heterocycles. The summed E-state index contributed by atoms with van der Waals surface area (Å²) in [5.41, 5.74) is 2.70. The molecule has 0 aliphatic rings. The second-order valence-corrected chi connectivity index (χ2v) is 6.26. The van der Waals surface area contributed by atoms with E-state index in [9.17, 15) is 0 Å². The predicted molar refractivity (Wildman–Crippen MR) is 79.2 cm³/mol. The van der Waals surface area contributed by atoms with Crippen LogP contribution in [-0.4, -0.2) is 29.2 Å². The molecule has 0 atom stereocenters. The van der Waals surface area contributed by atoms with Gasteiger partial charge in [-0.25, -0.2) is 0 Å². The molecule has 2 aromatic rings. The maximum absolute atomic E-state index is 5.24. The van der Waals surface area contributed by atoms with E-state index in [-0.39, 0.29) is 0 Å². The Hall–Kier alpha value is -1.44. The quantitative estimate of drug-likeness (QED) is 0.761. The van der Waals surface area contributed by atoms with Gasteiger partial charge in [-0.2, -0.15) is 0 Å². The van der Waals surface area contributed by atoms with Gasteiger partial charge in [0.15, 0.2) is 0 Å². The number of methoxy groups -OCH3 is 2. The SMILES string of the molecule is COc1cccc(C[Se]Cc2cccc(OC)c2)c1. The van der Waals surface area contributed by atoms with Crippen LogP contribution in [0.5, 0.6) is 11.5 Å². The van der Waals surface area contributed by atoms with E-state index in [0.29, 0.717) is 15.0 Å². The minimum absolute atomic E-state index is 0.554. The molecule has 0 aliphatic carbocycles. The zero-order valence-electron chi connectivity index (χ0n) is 11.3. The van der Waals surface area contributed by atoms with Gasteiger partial charge in [0.2, 0.25) is 0 Å². The van der Waals surface area contributed by atoms with Gasteiger partial charge >= 0.3 is 120 Å². The van der Waals surface area contributed by atoms with Gasteiger partial charge in [-0.15, -0.1) is 0 Å². The Labute approximate surface area is 120 Å². The number of rotatable bonds is 6. The molecule has 0 radical (unpaired) electrons. The Kier molecular flexibility index (Phi) is 5.31. The summed E-state index contributed by atoms with van der Waals surface area (Å²) >= 11 is 0.554. The van der Waals surface area contributed by atoms with E-state index in [1.165, 1.54) is 11.1 Å². The van der Waals surface area contributed by atoms with Crippen LogP contribution in [0.2, 0.25) is 0 Å². The molecule has 0 fully saturated rings. The van der Waals surface area contributed by atoms with E-state index in [2.05, 4.69) is 36.4 Å². The monoisotopic (exact) mass is 322 g/mol. The van der Waals surface area contributed by atoms with Crippen molar-refractivity contribution in [1.29, 1.82) is 0 Å². The third-order valence-corrected chi connectivity index (χ3v) is 5.06. The molecule has 3 heteroatoms. The van der Waals surface area contributed by atoms with E-state index in [1.807, 2.05) is 12.1 Å². The third-order valence-electron chi connectivity index (χ3n) is 2.81. The van der Waals surface area contributed by atoms with Gasteiger partial charge in [0.25, 0.3) is 0 Å². The summed E-state index contributed by atoms with van der Waals surface area (Å²) in [5.74, 6) is 1.88. The van der Waals surface area contributed by atoms with Gasteiger partial charge in [-0.3, -0.25) is 0 Å². The number of benzene rings is 2. The van der Waals surface area contributed by atoms with Crippen molar-refractivity contribution >= 4 is 15.0 Å². The normalized spacial score (nSPS) is 10.2. The molecule has 2 aromatic carbocycles. The van der Waals surface area contributed by atoms with Crippen LogP contribution >= 0.6 is 0 Å². The van der Waals surface area contributed by atoms with Crippen molar-refractivity contribution in [2.24, 2.45) is 0 Å². The Morgan fingerprint density at radius 3 is 1.68 bits per heavy atom. The summed E-state index contributed by atoms with van der Waals surface area (Å²) in [4.78, 5) is 0.